The molecule has 1 heterocycles. The van der Waals surface area contributed by atoms with Crippen LogP contribution >= 0.6 is 23.2 Å². The third-order valence-corrected chi connectivity index (χ3v) is 5.87. The number of nitrogens with zero attached hydrogens (tertiary/aromatic N) is 3. The van der Waals surface area contributed by atoms with Crippen molar-refractivity contribution in [3.63, 3.8) is 0 Å². The summed E-state index contributed by atoms with van der Waals surface area (Å²) in [4.78, 5) is 3.96. The Hall–Kier alpha value is -3.46. The van der Waals surface area contributed by atoms with Crippen LogP contribution in [0, 0.1) is 12.7 Å². The molecule has 0 aliphatic carbocycles. The first-order valence-electron chi connectivity index (χ1n) is 11.7. The predicted molar refractivity (Wildman–Crippen MR) is 146 cm³/mol. The molecule has 0 saturated carbocycles. The van der Waals surface area contributed by atoms with Crippen molar-refractivity contribution in [2.45, 2.75) is 32.8 Å². The summed E-state index contributed by atoms with van der Waals surface area (Å²) in [5, 5.41) is 18.6. The molecule has 0 amide bonds. The van der Waals surface area contributed by atoms with E-state index in [0.717, 1.165) is 5.56 Å². The minimum Gasteiger partial charge on any atom is -0.491 e. The molecule has 3 aromatic carbocycles. The zero-order valence-electron chi connectivity index (χ0n) is 21.3. The first-order valence-corrected chi connectivity index (χ1v) is 12.4. The van der Waals surface area contributed by atoms with Crippen molar-refractivity contribution in [3.05, 3.63) is 87.0 Å². The molecule has 0 atom stereocenters. The molecular weight excluding hydrogens is 532 g/mol. The summed E-state index contributed by atoms with van der Waals surface area (Å²) in [5.41, 5.74) is 1.58. The van der Waals surface area contributed by atoms with E-state index in [2.05, 4.69) is 15.2 Å². The summed E-state index contributed by atoms with van der Waals surface area (Å²) in [6, 6.07) is 13.4. The van der Waals surface area contributed by atoms with Crippen LogP contribution in [0.1, 0.15) is 36.4 Å². The lowest BCUT2D eigenvalue weighted by Crippen LogP contribution is -2.27. The molecule has 1 aromatic heterocycles. The fourth-order valence-electron chi connectivity index (χ4n) is 3.61. The average Bonchev–Trinajstić information content (AvgIpc) is 3.30. The Morgan fingerprint density at radius 2 is 1.87 bits per heavy atom. The maximum Gasteiger partial charge on any atom is 0.248 e. The molecule has 10 heteroatoms. The Kier molecular flexibility index (Phi) is 8.35. The van der Waals surface area contributed by atoms with Gasteiger partial charge < -0.3 is 19.0 Å². The van der Waals surface area contributed by atoms with E-state index in [-0.39, 0.29) is 35.3 Å². The molecule has 0 radical (unpaired) electrons. The van der Waals surface area contributed by atoms with Crippen molar-refractivity contribution in [3.8, 4) is 28.7 Å². The summed E-state index contributed by atoms with van der Waals surface area (Å²) in [6.07, 6.45) is 1.64. The second kappa shape index (κ2) is 11.5. The fourth-order valence-corrected chi connectivity index (χ4v) is 4.03. The number of aromatic nitrogens is 2. The van der Waals surface area contributed by atoms with Crippen LogP contribution in [0.5, 0.6) is 17.2 Å². The number of hydrogen-bond donors (Lipinski definition) is 1. The van der Waals surface area contributed by atoms with Gasteiger partial charge in [-0.25, -0.2) is 4.39 Å². The van der Waals surface area contributed by atoms with Crippen LogP contribution in [0.25, 0.3) is 11.5 Å². The second-order valence-electron chi connectivity index (χ2n) is 9.31. The van der Waals surface area contributed by atoms with Crippen molar-refractivity contribution in [2.24, 2.45) is 4.99 Å². The maximum atomic E-state index is 15.5. The Balaban J connectivity index is 1.54. The highest BCUT2D eigenvalue weighted by molar-refractivity contribution is 6.32. The van der Waals surface area contributed by atoms with Gasteiger partial charge in [-0.1, -0.05) is 29.3 Å². The molecule has 0 unspecified atom stereocenters. The Morgan fingerprint density at radius 3 is 2.58 bits per heavy atom. The van der Waals surface area contributed by atoms with Gasteiger partial charge in [0, 0.05) is 29.4 Å². The molecule has 0 aliphatic rings. The van der Waals surface area contributed by atoms with Gasteiger partial charge in [0.1, 0.15) is 18.1 Å². The second-order valence-corrected chi connectivity index (χ2v) is 10.2. The van der Waals surface area contributed by atoms with E-state index in [4.69, 9.17) is 37.1 Å². The summed E-state index contributed by atoms with van der Waals surface area (Å²) >= 11 is 12.4. The van der Waals surface area contributed by atoms with Crippen molar-refractivity contribution in [1.29, 1.82) is 0 Å². The van der Waals surface area contributed by atoms with Crippen LogP contribution in [-0.4, -0.2) is 40.8 Å². The third kappa shape index (κ3) is 6.89. The molecule has 4 rings (SSSR count). The number of aliphatic imine (C=N–C) groups is 1. The molecule has 4 aromatic rings. The van der Waals surface area contributed by atoms with E-state index in [1.165, 1.54) is 0 Å². The largest absolute Gasteiger partial charge is 0.491 e. The van der Waals surface area contributed by atoms with Gasteiger partial charge in [-0.2, -0.15) is 0 Å². The Bertz CT molecular complexity index is 1480. The van der Waals surface area contributed by atoms with Crippen LogP contribution in [0.4, 0.5) is 4.39 Å². The van der Waals surface area contributed by atoms with Gasteiger partial charge in [-0.15, -0.1) is 10.2 Å². The lowest BCUT2D eigenvalue weighted by atomic mass is 10.1. The van der Waals surface area contributed by atoms with Crippen molar-refractivity contribution < 1.29 is 23.4 Å². The molecule has 7 nitrogen and oxygen atoms in total. The highest BCUT2D eigenvalue weighted by Gasteiger charge is 2.19. The van der Waals surface area contributed by atoms with Crippen LogP contribution in [0.2, 0.25) is 10.0 Å². The van der Waals surface area contributed by atoms with E-state index < -0.39 is 11.4 Å². The van der Waals surface area contributed by atoms with E-state index in [9.17, 15) is 5.11 Å². The SMILES string of the molecule is CN=Cc1cc(Cl)cc(Oc2c(Cl)ccc(Cc3nnc(-c4ccc(OCC(C)(C)O)cc4C)o3)c2F)c1. The Morgan fingerprint density at radius 1 is 1.08 bits per heavy atom. The minimum absolute atomic E-state index is 0.0292. The number of benzene rings is 3. The van der Waals surface area contributed by atoms with E-state index >= 15 is 4.39 Å². The molecule has 0 fully saturated rings. The van der Waals surface area contributed by atoms with Crippen LogP contribution in [-0.2, 0) is 6.42 Å². The number of halogens is 3. The molecule has 38 heavy (non-hydrogen) atoms. The van der Waals surface area contributed by atoms with Crippen molar-refractivity contribution in [1.82, 2.24) is 10.2 Å². The average molecular weight is 558 g/mol. The van der Waals surface area contributed by atoms with Gasteiger partial charge in [0.05, 0.1) is 17.0 Å². The van der Waals surface area contributed by atoms with E-state index in [1.807, 2.05) is 13.0 Å². The minimum atomic E-state index is -0.948. The normalized spacial score (nSPS) is 11.8. The highest BCUT2D eigenvalue weighted by Crippen LogP contribution is 2.36. The lowest BCUT2D eigenvalue weighted by Gasteiger charge is -2.18. The fraction of sp³-hybridized carbons (Fsp3) is 0.250. The van der Waals surface area contributed by atoms with E-state index in [0.29, 0.717) is 33.5 Å². The van der Waals surface area contributed by atoms with Gasteiger partial charge in [0.2, 0.25) is 11.8 Å². The van der Waals surface area contributed by atoms with E-state index in [1.54, 1.807) is 69.6 Å². The van der Waals surface area contributed by atoms with Gasteiger partial charge in [-0.3, -0.25) is 4.99 Å². The molecule has 0 saturated heterocycles. The first kappa shape index (κ1) is 27.6. The smallest absolute Gasteiger partial charge is 0.248 e. The molecule has 0 bridgehead atoms. The third-order valence-electron chi connectivity index (χ3n) is 5.35. The van der Waals surface area contributed by atoms with Crippen LogP contribution in [0.3, 0.4) is 0 Å². The topological polar surface area (TPSA) is 90.0 Å². The number of aliphatic hydroxyl groups is 1. The quantitative estimate of drug-likeness (QED) is 0.221. The van der Waals surface area contributed by atoms with Crippen molar-refractivity contribution >= 4 is 29.4 Å². The number of rotatable bonds is 9. The molecule has 1 N–H and O–H groups in total. The van der Waals surface area contributed by atoms with Crippen LogP contribution < -0.4 is 9.47 Å². The van der Waals surface area contributed by atoms with Crippen molar-refractivity contribution in [2.75, 3.05) is 13.7 Å². The standard InChI is InChI=1S/C28H26Cl2FN3O4/c1-16-9-20(36-15-28(2,3)35)6-7-22(16)27-34-33-24(38-27)12-18-5-8-23(30)26(25(18)31)37-21-11-17(14-32-4)10-19(29)13-21/h5-11,13-14,35H,12,15H2,1-4H3. The number of hydrogen-bond acceptors (Lipinski definition) is 7. The summed E-state index contributed by atoms with van der Waals surface area (Å²) in [7, 11) is 1.63. The lowest BCUT2D eigenvalue weighted by molar-refractivity contribution is 0.0285. The predicted octanol–water partition coefficient (Wildman–Crippen LogP) is 7.07. The maximum absolute atomic E-state index is 15.5. The molecule has 198 valence electrons. The van der Waals surface area contributed by atoms with Gasteiger partial charge in [0.15, 0.2) is 11.6 Å². The molecule has 0 spiro atoms. The highest BCUT2D eigenvalue weighted by atomic mass is 35.5. The molecule has 0 aliphatic heterocycles. The zero-order chi connectivity index (χ0) is 27.4. The number of aryl methyl sites for hydroxylation is 1. The number of ether oxygens (including phenoxy) is 2. The van der Waals surface area contributed by atoms with Gasteiger partial charge >= 0.3 is 0 Å². The summed E-state index contributed by atoms with van der Waals surface area (Å²) in [5.74, 6) is 0.656. The zero-order valence-corrected chi connectivity index (χ0v) is 22.8. The Labute approximate surface area is 229 Å². The van der Waals surface area contributed by atoms with Gasteiger partial charge in [0.25, 0.3) is 0 Å². The summed E-state index contributed by atoms with van der Waals surface area (Å²) in [6.45, 7) is 5.37. The first-order chi connectivity index (χ1) is 18.0. The van der Waals surface area contributed by atoms with Gasteiger partial charge in [-0.05, 0) is 74.4 Å². The summed E-state index contributed by atoms with van der Waals surface area (Å²) < 4.78 is 32.7. The van der Waals surface area contributed by atoms with Crippen LogP contribution in [0.15, 0.2) is 57.9 Å². The molecular formula is C28H26Cl2FN3O4. The monoisotopic (exact) mass is 557 g/mol.